The maximum Gasteiger partial charge on any atom is 0.292 e. The Kier molecular flexibility index (Phi) is 6.49. The third-order valence-electron chi connectivity index (χ3n) is 1.28. The van der Waals surface area contributed by atoms with E-state index in [1.807, 2.05) is 30.3 Å². The largest absolute Gasteiger partial charge is 0.471 e. The number of hydrogen-bond donors (Lipinski definition) is 2. The van der Waals surface area contributed by atoms with E-state index in [1.54, 1.807) is 0 Å². The van der Waals surface area contributed by atoms with Gasteiger partial charge in [0.1, 0.15) is 0 Å². The Balaban J connectivity index is 0.000000310. The maximum atomic E-state index is 8.95. The van der Waals surface area contributed by atoms with Crippen LogP contribution in [0.2, 0.25) is 0 Å². The zero-order chi connectivity index (χ0) is 10.1. The number of ether oxygens (including phenoxy) is 1. The third-order valence-corrected chi connectivity index (χ3v) is 1.28. The van der Waals surface area contributed by atoms with Crippen molar-refractivity contribution < 1.29 is 9.53 Å². The van der Waals surface area contributed by atoms with Crippen molar-refractivity contribution in [2.45, 2.75) is 6.17 Å². The predicted molar refractivity (Wildman–Crippen MR) is 50.6 cm³/mol. The van der Waals surface area contributed by atoms with Crippen LogP contribution in [0.25, 0.3) is 0 Å². The Morgan fingerprint density at radius 1 is 1.31 bits per heavy atom. The van der Waals surface area contributed by atoms with Gasteiger partial charge in [-0.05, 0) is 5.56 Å². The van der Waals surface area contributed by atoms with Crippen LogP contribution in [-0.2, 0) is 9.53 Å². The second-order valence-electron chi connectivity index (χ2n) is 2.27. The molecule has 0 aromatic heterocycles. The molecule has 0 saturated heterocycles. The van der Waals surface area contributed by atoms with Gasteiger partial charge in [-0.1, -0.05) is 30.3 Å². The Bertz CT molecular complexity index is 224. The quantitative estimate of drug-likeness (QED) is 0.512. The van der Waals surface area contributed by atoms with Crippen LogP contribution in [0.1, 0.15) is 11.7 Å². The average Bonchev–Trinajstić information content (AvgIpc) is 2.19. The monoisotopic (exact) mass is 182 g/mol. The Hall–Kier alpha value is -1.39. The van der Waals surface area contributed by atoms with Crippen LogP contribution in [0, 0.1) is 0 Å². The predicted octanol–water partition coefficient (Wildman–Crippen LogP) is 0.392. The summed E-state index contributed by atoms with van der Waals surface area (Å²) in [5, 5.41) is 0. The van der Waals surface area contributed by atoms with Crippen LogP contribution in [0.4, 0.5) is 0 Å². The van der Waals surface area contributed by atoms with Crippen LogP contribution in [0.15, 0.2) is 30.3 Å². The first kappa shape index (κ1) is 11.6. The van der Waals surface area contributed by atoms with Gasteiger partial charge in [0.05, 0.1) is 13.3 Å². The summed E-state index contributed by atoms with van der Waals surface area (Å²) in [5.41, 5.74) is 11.8. The number of hydrogen-bond acceptors (Lipinski definition) is 4. The zero-order valence-electron chi connectivity index (χ0n) is 7.51. The first-order valence-electron chi connectivity index (χ1n) is 3.75. The average molecular weight is 182 g/mol. The van der Waals surface area contributed by atoms with Crippen LogP contribution in [0.5, 0.6) is 0 Å². The number of benzene rings is 1. The molecule has 0 spiro atoms. The van der Waals surface area contributed by atoms with Gasteiger partial charge in [-0.3, -0.25) is 4.79 Å². The van der Waals surface area contributed by atoms with E-state index < -0.39 is 0 Å². The summed E-state index contributed by atoms with van der Waals surface area (Å²) in [5.74, 6) is 0. The summed E-state index contributed by atoms with van der Waals surface area (Å²) >= 11 is 0. The standard InChI is InChI=1S/C7H10N2.C2H4O2/c8-7(9)6-4-2-1-3-5-6;1-4-2-3/h1-5,7H,8-9H2;2H,1H3. The molecule has 1 rings (SSSR count). The molecule has 0 radical (unpaired) electrons. The van der Waals surface area contributed by atoms with Crippen molar-refractivity contribution in [1.29, 1.82) is 0 Å². The molecule has 0 saturated carbocycles. The normalized spacial score (nSPS) is 8.62. The van der Waals surface area contributed by atoms with E-state index in [2.05, 4.69) is 4.74 Å². The van der Waals surface area contributed by atoms with Gasteiger partial charge < -0.3 is 16.2 Å². The molecule has 4 heteroatoms. The number of methoxy groups -OCH3 is 1. The summed E-state index contributed by atoms with van der Waals surface area (Å²) in [7, 11) is 1.31. The number of rotatable bonds is 2. The highest BCUT2D eigenvalue weighted by atomic mass is 16.5. The fraction of sp³-hybridized carbons (Fsp3) is 0.222. The highest BCUT2D eigenvalue weighted by Gasteiger charge is 1.93. The highest BCUT2D eigenvalue weighted by molar-refractivity contribution is 5.36. The molecule has 4 nitrogen and oxygen atoms in total. The molecule has 0 fully saturated rings. The minimum Gasteiger partial charge on any atom is -0.471 e. The van der Waals surface area contributed by atoms with Crippen molar-refractivity contribution in [2.75, 3.05) is 7.11 Å². The van der Waals surface area contributed by atoms with E-state index in [-0.39, 0.29) is 6.17 Å². The van der Waals surface area contributed by atoms with Gasteiger partial charge in [0.2, 0.25) is 0 Å². The second-order valence-corrected chi connectivity index (χ2v) is 2.27. The first-order chi connectivity index (χ1) is 6.22. The van der Waals surface area contributed by atoms with Crippen LogP contribution in [-0.4, -0.2) is 13.6 Å². The molecule has 0 unspecified atom stereocenters. The number of nitrogens with two attached hydrogens (primary N) is 2. The zero-order valence-corrected chi connectivity index (χ0v) is 7.51. The van der Waals surface area contributed by atoms with Gasteiger partial charge >= 0.3 is 0 Å². The molecule has 0 aliphatic carbocycles. The molecule has 0 amide bonds. The molecule has 0 bridgehead atoms. The first-order valence-corrected chi connectivity index (χ1v) is 3.75. The molecule has 13 heavy (non-hydrogen) atoms. The number of carbonyl (C=O) groups excluding carboxylic acids is 1. The highest BCUT2D eigenvalue weighted by Crippen LogP contribution is 2.01. The molecular weight excluding hydrogens is 168 g/mol. The van der Waals surface area contributed by atoms with Crippen LogP contribution in [0.3, 0.4) is 0 Å². The second kappa shape index (κ2) is 7.27. The minimum absolute atomic E-state index is 0.341. The molecule has 1 aromatic rings. The molecular formula is C9H14N2O2. The SMILES string of the molecule is COC=O.NC(N)c1ccccc1. The van der Waals surface area contributed by atoms with Crippen LogP contribution < -0.4 is 11.5 Å². The van der Waals surface area contributed by atoms with E-state index in [4.69, 9.17) is 16.3 Å². The fourth-order valence-corrected chi connectivity index (χ4v) is 0.675. The Morgan fingerprint density at radius 2 is 1.77 bits per heavy atom. The lowest BCUT2D eigenvalue weighted by atomic mass is 10.2. The van der Waals surface area contributed by atoms with Crippen molar-refractivity contribution >= 4 is 6.47 Å². The van der Waals surface area contributed by atoms with Gasteiger partial charge in [0, 0.05) is 0 Å². The lowest BCUT2D eigenvalue weighted by Gasteiger charge is -2.02. The summed E-state index contributed by atoms with van der Waals surface area (Å²) < 4.78 is 3.86. The number of carbonyl (C=O) groups is 1. The van der Waals surface area contributed by atoms with Crippen molar-refractivity contribution in [3.05, 3.63) is 35.9 Å². The summed E-state index contributed by atoms with van der Waals surface area (Å²) in [6.07, 6.45) is -0.341. The molecule has 0 aliphatic rings. The van der Waals surface area contributed by atoms with Crippen LogP contribution >= 0.6 is 0 Å². The van der Waals surface area contributed by atoms with Crippen molar-refractivity contribution in [2.24, 2.45) is 11.5 Å². The molecule has 1 aromatic carbocycles. The lowest BCUT2D eigenvalue weighted by molar-refractivity contribution is -0.126. The Labute approximate surface area is 77.5 Å². The smallest absolute Gasteiger partial charge is 0.292 e. The minimum atomic E-state index is -0.341. The molecule has 0 aliphatic heterocycles. The van der Waals surface area contributed by atoms with Crippen molar-refractivity contribution in [3.8, 4) is 0 Å². The molecule has 72 valence electrons. The maximum absolute atomic E-state index is 8.95. The molecule has 0 atom stereocenters. The van der Waals surface area contributed by atoms with Crippen molar-refractivity contribution in [3.63, 3.8) is 0 Å². The third kappa shape index (κ3) is 5.84. The van der Waals surface area contributed by atoms with Gasteiger partial charge in [-0.25, -0.2) is 0 Å². The molecule has 0 heterocycles. The van der Waals surface area contributed by atoms with Gasteiger partial charge in [0.15, 0.2) is 0 Å². The van der Waals surface area contributed by atoms with E-state index in [0.29, 0.717) is 6.47 Å². The van der Waals surface area contributed by atoms with E-state index in [9.17, 15) is 0 Å². The van der Waals surface area contributed by atoms with Gasteiger partial charge in [-0.2, -0.15) is 0 Å². The summed E-state index contributed by atoms with van der Waals surface area (Å²) in [6.45, 7) is 0.375. The van der Waals surface area contributed by atoms with E-state index in [0.717, 1.165) is 5.56 Å². The summed E-state index contributed by atoms with van der Waals surface area (Å²) in [6, 6.07) is 9.59. The summed E-state index contributed by atoms with van der Waals surface area (Å²) in [4.78, 5) is 8.95. The lowest BCUT2D eigenvalue weighted by Crippen LogP contribution is -2.19. The van der Waals surface area contributed by atoms with Gasteiger partial charge in [-0.15, -0.1) is 0 Å². The van der Waals surface area contributed by atoms with E-state index in [1.165, 1.54) is 7.11 Å². The Morgan fingerprint density at radius 3 is 2.00 bits per heavy atom. The topological polar surface area (TPSA) is 78.3 Å². The van der Waals surface area contributed by atoms with E-state index >= 15 is 0 Å². The van der Waals surface area contributed by atoms with Crippen molar-refractivity contribution in [1.82, 2.24) is 0 Å². The molecule has 4 N–H and O–H groups in total. The van der Waals surface area contributed by atoms with Gasteiger partial charge in [0.25, 0.3) is 6.47 Å². The fourth-order valence-electron chi connectivity index (χ4n) is 0.675.